The van der Waals surface area contributed by atoms with Gasteiger partial charge in [-0.2, -0.15) is 9.97 Å². The van der Waals surface area contributed by atoms with Crippen LogP contribution in [0.25, 0.3) is 16.9 Å². The Labute approximate surface area is 225 Å². The number of hydrogen-bond acceptors (Lipinski definition) is 9. The van der Waals surface area contributed by atoms with Crippen molar-refractivity contribution in [3.8, 4) is 11.6 Å². The summed E-state index contributed by atoms with van der Waals surface area (Å²) in [6, 6.07) is 6.82. The van der Waals surface area contributed by atoms with E-state index in [9.17, 15) is 13.6 Å². The number of carbonyl (C=O) groups is 1. The number of nitrogens with zero attached hydrogens (tertiary/aromatic N) is 7. The van der Waals surface area contributed by atoms with E-state index in [0.29, 0.717) is 81.0 Å². The Bertz CT molecular complexity index is 1330. The third-order valence-electron chi connectivity index (χ3n) is 6.55. The Hall–Kier alpha value is -3.74. The molecule has 2 aromatic heterocycles. The maximum Gasteiger partial charge on any atom is 0.410 e. The predicted molar refractivity (Wildman–Crippen MR) is 141 cm³/mol. The lowest BCUT2D eigenvalue weighted by atomic mass is 10.2. The molecule has 0 atom stereocenters. The highest BCUT2D eigenvalue weighted by Gasteiger charge is 2.29. The van der Waals surface area contributed by atoms with Crippen molar-refractivity contribution < 1.29 is 27.8 Å². The van der Waals surface area contributed by atoms with E-state index in [0.717, 1.165) is 0 Å². The van der Waals surface area contributed by atoms with Crippen molar-refractivity contribution in [2.75, 3.05) is 69.4 Å². The summed E-state index contributed by atoms with van der Waals surface area (Å²) in [5.74, 6) is 1.25. The van der Waals surface area contributed by atoms with Gasteiger partial charge in [-0.3, -0.25) is 4.57 Å². The molecule has 0 saturated carbocycles. The number of carbonyl (C=O) groups excluding carboxylic acids is 1. The summed E-state index contributed by atoms with van der Waals surface area (Å²) >= 11 is 0. The standard InChI is InChI=1S/C26H33F2N7O4/c1-26(2,3)39-25(36)34-10-8-32(9-11-34)19-16-20(30-24(29-19)33-12-14-38-15-13-33)35-17-6-5-7-18(37-4)21(17)31-23(35)22(27)28/h5-7,16,22H,8-15H2,1-4H3. The number of benzene rings is 1. The Kier molecular flexibility index (Phi) is 7.43. The quantitative estimate of drug-likeness (QED) is 0.476. The zero-order valence-corrected chi connectivity index (χ0v) is 22.6. The van der Waals surface area contributed by atoms with Crippen LogP contribution in [-0.4, -0.2) is 95.7 Å². The second kappa shape index (κ2) is 10.8. The van der Waals surface area contributed by atoms with Gasteiger partial charge in [0.05, 0.1) is 25.8 Å². The fourth-order valence-electron chi connectivity index (χ4n) is 4.68. The van der Waals surface area contributed by atoms with E-state index in [1.807, 2.05) is 30.6 Å². The molecule has 39 heavy (non-hydrogen) atoms. The average Bonchev–Trinajstić information content (AvgIpc) is 3.33. The van der Waals surface area contributed by atoms with Crippen molar-refractivity contribution in [1.29, 1.82) is 0 Å². The van der Waals surface area contributed by atoms with E-state index >= 15 is 0 Å². The summed E-state index contributed by atoms with van der Waals surface area (Å²) in [7, 11) is 1.48. The summed E-state index contributed by atoms with van der Waals surface area (Å²) in [4.78, 5) is 32.0. The Morgan fingerprint density at radius 1 is 0.974 bits per heavy atom. The lowest BCUT2D eigenvalue weighted by molar-refractivity contribution is 0.0240. The number of amides is 1. The molecule has 1 aromatic carbocycles. The van der Waals surface area contributed by atoms with Gasteiger partial charge in [0.2, 0.25) is 5.95 Å². The zero-order chi connectivity index (χ0) is 27.7. The molecule has 11 nitrogen and oxygen atoms in total. The molecule has 0 bridgehead atoms. The minimum Gasteiger partial charge on any atom is -0.494 e. The molecule has 5 rings (SSSR count). The molecule has 0 unspecified atom stereocenters. The van der Waals surface area contributed by atoms with Crippen LogP contribution < -0.4 is 14.5 Å². The highest BCUT2D eigenvalue weighted by atomic mass is 19.3. The number of alkyl halides is 2. The van der Waals surface area contributed by atoms with Gasteiger partial charge in [0.25, 0.3) is 6.43 Å². The van der Waals surface area contributed by atoms with Gasteiger partial charge in [-0.05, 0) is 32.9 Å². The molecule has 13 heteroatoms. The van der Waals surface area contributed by atoms with Crippen molar-refractivity contribution in [3.63, 3.8) is 0 Å². The second-order valence-corrected chi connectivity index (χ2v) is 10.4. The van der Waals surface area contributed by atoms with Crippen molar-refractivity contribution >= 4 is 28.9 Å². The monoisotopic (exact) mass is 545 g/mol. The van der Waals surface area contributed by atoms with Gasteiger partial charge in [0.15, 0.2) is 5.82 Å². The molecule has 2 aliphatic heterocycles. The van der Waals surface area contributed by atoms with Gasteiger partial charge < -0.3 is 28.9 Å². The highest BCUT2D eigenvalue weighted by Crippen LogP contribution is 2.33. The molecule has 2 aliphatic rings. The fraction of sp³-hybridized carbons (Fsp3) is 0.538. The topological polar surface area (TPSA) is 98.1 Å². The van der Waals surface area contributed by atoms with E-state index in [-0.39, 0.29) is 11.9 Å². The summed E-state index contributed by atoms with van der Waals surface area (Å²) < 4.78 is 46.3. The third-order valence-corrected chi connectivity index (χ3v) is 6.55. The van der Waals surface area contributed by atoms with E-state index in [1.165, 1.54) is 11.7 Å². The molecule has 210 valence electrons. The molecule has 1 amide bonds. The number of anilines is 2. The molecule has 2 fully saturated rings. The number of aromatic nitrogens is 4. The highest BCUT2D eigenvalue weighted by molar-refractivity contribution is 5.84. The van der Waals surface area contributed by atoms with Gasteiger partial charge in [-0.15, -0.1) is 0 Å². The molecular formula is C26H33F2N7O4. The van der Waals surface area contributed by atoms with Crippen molar-refractivity contribution in [3.05, 3.63) is 30.1 Å². The number of morpholine rings is 1. The van der Waals surface area contributed by atoms with Crippen molar-refractivity contribution in [1.82, 2.24) is 24.4 Å². The number of rotatable bonds is 5. The lowest BCUT2D eigenvalue weighted by Gasteiger charge is -2.36. The van der Waals surface area contributed by atoms with Crippen molar-refractivity contribution in [2.45, 2.75) is 32.8 Å². The maximum absolute atomic E-state index is 14.3. The normalized spacial score (nSPS) is 16.7. The lowest BCUT2D eigenvalue weighted by Crippen LogP contribution is -2.50. The molecular weight excluding hydrogens is 512 g/mol. The zero-order valence-electron chi connectivity index (χ0n) is 22.6. The molecule has 3 aromatic rings. The van der Waals surface area contributed by atoms with Crippen LogP contribution in [0.1, 0.15) is 33.0 Å². The Balaban J connectivity index is 1.53. The van der Waals surface area contributed by atoms with Gasteiger partial charge >= 0.3 is 6.09 Å². The third kappa shape index (κ3) is 5.68. The molecule has 4 heterocycles. The number of para-hydroxylation sites is 1. The van der Waals surface area contributed by atoms with Crippen LogP contribution in [0.2, 0.25) is 0 Å². The first-order chi connectivity index (χ1) is 18.6. The minimum atomic E-state index is -2.84. The second-order valence-electron chi connectivity index (χ2n) is 10.4. The van der Waals surface area contributed by atoms with Gasteiger partial charge in [0, 0.05) is 45.3 Å². The van der Waals surface area contributed by atoms with E-state index in [4.69, 9.17) is 24.2 Å². The summed E-state index contributed by atoms with van der Waals surface area (Å²) in [6.07, 6.45) is -3.20. The Morgan fingerprint density at radius 2 is 1.67 bits per heavy atom. The summed E-state index contributed by atoms with van der Waals surface area (Å²) in [6.45, 7) is 9.57. The largest absolute Gasteiger partial charge is 0.494 e. The maximum atomic E-state index is 14.3. The predicted octanol–water partition coefficient (Wildman–Crippen LogP) is 3.66. The number of hydrogen-bond donors (Lipinski definition) is 0. The van der Waals surface area contributed by atoms with Crippen LogP contribution in [0.4, 0.5) is 25.3 Å². The fourth-order valence-corrected chi connectivity index (χ4v) is 4.68. The van der Waals surface area contributed by atoms with Crippen LogP contribution in [0, 0.1) is 0 Å². The first kappa shape index (κ1) is 26.9. The smallest absolute Gasteiger partial charge is 0.410 e. The number of piperazine rings is 1. The minimum absolute atomic E-state index is 0.280. The molecule has 0 spiro atoms. The van der Waals surface area contributed by atoms with Crippen LogP contribution in [-0.2, 0) is 9.47 Å². The first-order valence-electron chi connectivity index (χ1n) is 12.9. The molecule has 0 radical (unpaired) electrons. The molecule has 2 saturated heterocycles. The first-order valence-corrected chi connectivity index (χ1v) is 12.9. The number of ether oxygens (including phenoxy) is 3. The van der Waals surface area contributed by atoms with Crippen LogP contribution >= 0.6 is 0 Å². The van der Waals surface area contributed by atoms with Crippen LogP contribution in [0.5, 0.6) is 5.75 Å². The van der Waals surface area contributed by atoms with Crippen molar-refractivity contribution in [2.24, 2.45) is 0 Å². The number of imidazole rings is 1. The number of halogens is 2. The number of fused-ring (bicyclic) bond motifs is 1. The van der Waals surface area contributed by atoms with Crippen LogP contribution in [0.15, 0.2) is 24.3 Å². The van der Waals surface area contributed by atoms with Gasteiger partial charge in [-0.25, -0.2) is 18.6 Å². The average molecular weight is 546 g/mol. The van der Waals surface area contributed by atoms with Gasteiger partial charge in [0.1, 0.15) is 28.5 Å². The van der Waals surface area contributed by atoms with Gasteiger partial charge in [-0.1, -0.05) is 6.07 Å². The van der Waals surface area contributed by atoms with E-state index in [1.54, 1.807) is 29.2 Å². The molecule has 0 aliphatic carbocycles. The summed E-state index contributed by atoms with van der Waals surface area (Å²) in [5.41, 5.74) is 0.202. The molecule has 0 N–H and O–H groups in total. The van der Waals surface area contributed by atoms with E-state index in [2.05, 4.69) is 4.98 Å². The Morgan fingerprint density at radius 3 is 2.31 bits per heavy atom. The number of methoxy groups -OCH3 is 1. The SMILES string of the molecule is COc1cccc2c1nc(C(F)F)n2-c1cc(N2CCN(C(=O)OC(C)(C)C)CC2)nc(N2CCOCC2)n1. The van der Waals surface area contributed by atoms with Crippen LogP contribution in [0.3, 0.4) is 0 Å². The summed E-state index contributed by atoms with van der Waals surface area (Å²) in [5, 5.41) is 0. The van der Waals surface area contributed by atoms with E-state index < -0.39 is 17.9 Å².